The van der Waals surface area contributed by atoms with E-state index in [2.05, 4.69) is 25.7 Å². The lowest BCUT2D eigenvalue weighted by molar-refractivity contribution is -0.173. The standard InChI is InChI=1S/C25H44O4/c1-5-9-11-13-14-15-16-17-18-20-22-29-24(27)25(7-3,8-4)23(26)28-21-19-12-10-6-2/h5-8,10,12-22H2,1-4H3. The highest BCUT2D eigenvalue weighted by Crippen LogP contribution is 2.30. The molecule has 0 aromatic heterocycles. The van der Waals surface area contributed by atoms with Gasteiger partial charge in [0.05, 0.1) is 13.2 Å². The molecule has 0 spiro atoms. The zero-order valence-corrected chi connectivity index (χ0v) is 19.4. The van der Waals surface area contributed by atoms with Gasteiger partial charge in [0.2, 0.25) is 0 Å². The molecule has 0 unspecified atom stereocenters. The molecule has 0 saturated carbocycles. The van der Waals surface area contributed by atoms with Crippen LogP contribution in [0.5, 0.6) is 0 Å². The molecule has 0 aliphatic heterocycles. The number of hydrogen-bond donors (Lipinski definition) is 0. The molecule has 0 aromatic rings. The molecule has 0 saturated heterocycles. The monoisotopic (exact) mass is 408 g/mol. The second kappa shape index (κ2) is 18.5. The van der Waals surface area contributed by atoms with Gasteiger partial charge in [-0.1, -0.05) is 72.6 Å². The van der Waals surface area contributed by atoms with Gasteiger partial charge in [0.25, 0.3) is 0 Å². The van der Waals surface area contributed by atoms with Crippen LogP contribution in [0.3, 0.4) is 0 Å². The van der Waals surface area contributed by atoms with Crippen molar-refractivity contribution < 1.29 is 19.1 Å². The zero-order valence-electron chi connectivity index (χ0n) is 19.4. The van der Waals surface area contributed by atoms with Crippen LogP contribution >= 0.6 is 0 Å². The van der Waals surface area contributed by atoms with Crippen molar-refractivity contribution in [3.05, 3.63) is 0 Å². The number of unbranched alkanes of at least 4 members (excludes halogenated alkanes) is 9. The van der Waals surface area contributed by atoms with Gasteiger partial charge in [-0.3, -0.25) is 9.59 Å². The largest absolute Gasteiger partial charge is 0.465 e. The summed E-state index contributed by atoms with van der Waals surface area (Å²) >= 11 is 0. The molecule has 0 aliphatic carbocycles. The van der Waals surface area contributed by atoms with Crippen molar-refractivity contribution in [1.29, 1.82) is 0 Å². The number of carbonyl (C=O) groups excluding carboxylic acids is 2. The average Bonchev–Trinajstić information content (AvgIpc) is 2.73. The summed E-state index contributed by atoms with van der Waals surface area (Å²) in [6.07, 6.45) is 13.5. The fourth-order valence-electron chi connectivity index (χ4n) is 3.28. The minimum atomic E-state index is -1.15. The maximum atomic E-state index is 12.6. The quantitative estimate of drug-likeness (QED) is 0.118. The summed E-state index contributed by atoms with van der Waals surface area (Å²) in [5.41, 5.74) is -1.15. The Morgan fingerprint density at radius 3 is 1.62 bits per heavy atom. The third-order valence-electron chi connectivity index (χ3n) is 5.45. The fraction of sp³-hybridized carbons (Fsp3) is 0.840. The van der Waals surface area contributed by atoms with E-state index in [9.17, 15) is 9.59 Å². The summed E-state index contributed by atoms with van der Waals surface area (Å²) in [5, 5.41) is 0. The molecule has 0 N–H and O–H groups in total. The lowest BCUT2D eigenvalue weighted by Crippen LogP contribution is -2.41. The van der Waals surface area contributed by atoms with Crippen LogP contribution in [0.15, 0.2) is 0 Å². The first-order chi connectivity index (χ1) is 14.1. The first-order valence-electron chi connectivity index (χ1n) is 11.9. The van der Waals surface area contributed by atoms with E-state index in [0.29, 0.717) is 26.1 Å². The second-order valence-electron chi connectivity index (χ2n) is 7.70. The molecule has 0 radical (unpaired) electrons. The minimum absolute atomic E-state index is 0.381. The first kappa shape index (κ1) is 27.5. The smallest absolute Gasteiger partial charge is 0.323 e. The van der Waals surface area contributed by atoms with Crippen molar-refractivity contribution in [2.75, 3.05) is 13.2 Å². The molecule has 4 nitrogen and oxygen atoms in total. The van der Waals surface area contributed by atoms with Crippen molar-refractivity contribution in [1.82, 2.24) is 0 Å². The molecule has 0 amide bonds. The van der Waals surface area contributed by atoms with Crippen LogP contribution in [0, 0.1) is 17.3 Å². The van der Waals surface area contributed by atoms with Crippen LogP contribution in [0.4, 0.5) is 0 Å². The summed E-state index contributed by atoms with van der Waals surface area (Å²) in [6.45, 7) is 8.69. The molecule has 0 atom stereocenters. The van der Waals surface area contributed by atoms with E-state index in [4.69, 9.17) is 9.47 Å². The normalized spacial score (nSPS) is 10.9. The summed E-state index contributed by atoms with van der Waals surface area (Å²) < 4.78 is 10.9. The van der Waals surface area contributed by atoms with Crippen molar-refractivity contribution in [2.24, 2.45) is 5.41 Å². The van der Waals surface area contributed by atoms with E-state index in [1.807, 2.05) is 13.8 Å². The van der Waals surface area contributed by atoms with Crippen LogP contribution in [-0.4, -0.2) is 25.2 Å². The Hall–Kier alpha value is -1.50. The van der Waals surface area contributed by atoms with E-state index < -0.39 is 17.4 Å². The highest BCUT2D eigenvalue weighted by Gasteiger charge is 2.45. The summed E-state index contributed by atoms with van der Waals surface area (Å²) in [5.74, 6) is 5.42. The zero-order chi connectivity index (χ0) is 21.8. The number of ether oxygens (including phenoxy) is 2. The number of hydrogen-bond acceptors (Lipinski definition) is 4. The SMILES string of the molecule is CCC#CCCCCCCCCOC(=O)C(CC)(CC)C(=O)OCCCCCC. The third kappa shape index (κ3) is 11.9. The van der Waals surface area contributed by atoms with E-state index in [1.54, 1.807) is 0 Å². The maximum Gasteiger partial charge on any atom is 0.323 e. The van der Waals surface area contributed by atoms with Gasteiger partial charge in [-0.2, -0.15) is 0 Å². The fourth-order valence-corrected chi connectivity index (χ4v) is 3.28. The second-order valence-corrected chi connectivity index (χ2v) is 7.70. The number of rotatable bonds is 17. The highest BCUT2D eigenvalue weighted by atomic mass is 16.6. The Labute approximate surface area is 179 Å². The Bertz CT molecular complexity index is 483. The van der Waals surface area contributed by atoms with E-state index in [0.717, 1.165) is 64.2 Å². The van der Waals surface area contributed by atoms with Crippen molar-refractivity contribution in [3.63, 3.8) is 0 Å². The number of esters is 2. The van der Waals surface area contributed by atoms with Gasteiger partial charge in [-0.05, 0) is 32.1 Å². The molecule has 4 heteroatoms. The molecule has 29 heavy (non-hydrogen) atoms. The summed E-state index contributed by atoms with van der Waals surface area (Å²) in [6, 6.07) is 0. The maximum absolute atomic E-state index is 12.6. The minimum Gasteiger partial charge on any atom is -0.465 e. The molecule has 0 heterocycles. The molecule has 0 rings (SSSR count). The highest BCUT2D eigenvalue weighted by molar-refractivity contribution is 5.99. The van der Waals surface area contributed by atoms with Gasteiger partial charge >= 0.3 is 11.9 Å². The summed E-state index contributed by atoms with van der Waals surface area (Å²) in [7, 11) is 0. The van der Waals surface area contributed by atoms with Crippen LogP contribution in [0.25, 0.3) is 0 Å². The molecule has 0 aromatic carbocycles. The van der Waals surface area contributed by atoms with Crippen molar-refractivity contribution in [2.45, 2.75) is 118 Å². The van der Waals surface area contributed by atoms with Gasteiger partial charge in [-0.25, -0.2) is 0 Å². The van der Waals surface area contributed by atoms with E-state index in [-0.39, 0.29) is 0 Å². The molecule has 168 valence electrons. The number of carbonyl (C=O) groups is 2. The summed E-state index contributed by atoms with van der Waals surface area (Å²) in [4.78, 5) is 25.2. The van der Waals surface area contributed by atoms with Gasteiger partial charge in [0.1, 0.15) is 0 Å². The Morgan fingerprint density at radius 1 is 0.655 bits per heavy atom. The Morgan fingerprint density at radius 2 is 1.14 bits per heavy atom. The predicted octanol–water partition coefficient (Wildman–Crippen LogP) is 6.60. The molecule has 0 fully saturated rings. The van der Waals surface area contributed by atoms with Gasteiger partial charge in [0, 0.05) is 12.8 Å². The van der Waals surface area contributed by atoms with Crippen molar-refractivity contribution in [3.8, 4) is 11.8 Å². The average molecular weight is 409 g/mol. The van der Waals surface area contributed by atoms with Crippen LogP contribution in [-0.2, 0) is 19.1 Å². The molecular formula is C25H44O4. The van der Waals surface area contributed by atoms with Crippen LogP contribution in [0.2, 0.25) is 0 Å². The van der Waals surface area contributed by atoms with Gasteiger partial charge in [-0.15, -0.1) is 11.8 Å². The third-order valence-corrected chi connectivity index (χ3v) is 5.45. The predicted molar refractivity (Wildman–Crippen MR) is 119 cm³/mol. The van der Waals surface area contributed by atoms with E-state index >= 15 is 0 Å². The molecule has 0 bridgehead atoms. The van der Waals surface area contributed by atoms with Gasteiger partial charge < -0.3 is 9.47 Å². The van der Waals surface area contributed by atoms with Gasteiger partial charge in [0.15, 0.2) is 5.41 Å². The van der Waals surface area contributed by atoms with E-state index in [1.165, 1.54) is 12.8 Å². The topological polar surface area (TPSA) is 52.6 Å². The molecular weight excluding hydrogens is 364 g/mol. The van der Waals surface area contributed by atoms with Crippen molar-refractivity contribution >= 4 is 11.9 Å². The lowest BCUT2D eigenvalue weighted by Gasteiger charge is -2.27. The lowest BCUT2D eigenvalue weighted by atomic mass is 9.82. The van der Waals surface area contributed by atoms with Crippen LogP contribution in [0.1, 0.15) is 118 Å². The Kier molecular flexibility index (Phi) is 17.6. The first-order valence-corrected chi connectivity index (χ1v) is 11.9. The Balaban J connectivity index is 4.09. The molecule has 0 aliphatic rings. The van der Waals surface area contributed by atoms with Crippen LogP contribution < -0.4 is 0 Å².